The minimum absolute atomic E-state index is 0.0740. The molecule has 2 amide bonds. The minimum atomic E-state index is -0.728. The van der Waals surface area contributed by atoms with E-state index in [0.29, 0.717) is 139 Å². The van der Waals surface area contributed by atoms with Gasteiger partial charge in [0.05, 0.1) is 126 Å². The molecule has 0 radical (unpaired) electrons. The molecule has 0 atom stereocenters. The number of hydrogen-bond donors (Lipinski definition) is 0. The second-order valence-electron chi connectivity index (χ2n) is 28.9. The highest BCUT2D eigenvalue weighted by Crippen LogP contribution is 2.43. The first-order valence-electron chi connectivity index (χ1n) is 41.6. The number of amides is 2. The molecule has 2 aliphatic carbocycles. The summed E-state index contributed by atoms with van der Waals surface area (Å²) in [7, 11) is 6.40. The molecule has 10 rings (SSSR count). The Hall–Kier alpha value is -12.8. The number of methoxy groups -OCH3 is 4. The fourth-order valence-electron chi connectivity index (χ4n) is 12.7. The molecule has 2 heterocycles. The topological polar surface area (TPSA) is 350 Å². The molecule has 0 saturated heterocycles. The largest absolute Gasteiger partial charge is 0.497 e. The van der Waals surface area contributed by atoms with Crippen LogP contribution in [0.25, 0.3) is 10.2 Å². The lowest BCUT2D eigenvalue weighted by Crippen LogP contribution is -2.30. The zero-order valence-electron chi connectivity index (χ0n) is 72.3. The predicted octanol–water partition coefficient (Wildman–Crippen LogP) is 17.5. The molecule has 1 aromatic heterocycles. The number of aromatic nitrogens is 1. The molecular weight excluding hydrogens is 1630 g/mol. The molecule has 670 valence electrons. The van der Waals surface area contributed by atoms with Gasteiger partial charge in [0.1, 0.15) is 57.6 Å². The average Bonchev–Trinajstić information content (AvgIpc) is 1.58. The number of aryl methyl sites for hydroxylation is 1. The van der Waals surface area contributed by atoms with Crippen LogP contribution in [-0.4, -0.2) is 157 Å². The SMILES string of the molecule is C=CC(=O)OCCCCCCOC(=O)c1ccc(OC)cc1.C=CC(=O)OCCCCCCOc1ccc(OC)cc1.C=CC(=O)OCCCCOC(=O)c1ccc(OC)cc1.C=CC(=O)OCCCCOc1ccc(OC)cc1.CC(=O)C1CCC(C(=O)Oc2ccc(OC(=O)C3CCC(C(C)=O)CC3)c3c2C(=O)N(c2nc4ccc(C)cc4s2)C3=O)CC1. The van der Waals surface area contributed by atoms with Gasteiger partial charge in [-0.3, -0.25) is 28.8 Å². The number of ether oxygens (including phenoxy) is 14. The lowest BCUT2D eigenvalue weighted by Gasteiger charge is -2.26. The number of fused-ring (bicyclic) bond motifs is 2. The zero-order chi connectivity index (χ0) is 90.8. The Kier molecular flexibility index (Phi) is 45.3. The Bertz CT molecular complexity index is 4610. The van der Waals surface area contributed by atoms with Crippen molar-refractivity contribution in [1.82, 2.24) is 4.98 Å². The van der Waals surface area contributed by atoms with E-state index < -0.39 is 47.5 Å². The van der Waals surface area contributed by atoms with Crippen molar-refractivity contribution in [3.63, 3.8) is 0 Å². The minimum Gasteiger partial charge on any atom is -0.497 e. The fourth-order valence-corrected chi connectivity index (χ4v) is 13.8. The lowest BCUT2D eigenvalue weighted by atomic mass is 9.80. The van der Waals surface area contributed by atoms with Crippen LogP contribution in [0.3, 0.4) is 0 Å². The van der Waals surface area contributed by atoms with Crippen LogP contribution in [0.15, 0.2) is 178 Å². The maximum absolute atomic E-state index is 14.0. The van der Waals surface area contributed by atoms with Crippen molar-refractivity contribution < 1.29 is 124 Å². The molecule has 125 heavy (non-hydrogen) atoms. The van der Waals surface area contributed by atoms with Crippen molar-refractivity contribution in [2.75, 3.05) is 86.2 Å². The van der Waals surface area contributed by atoms with Gasteiger partial charge in [0.25, 0.3) is 11.8 Å². The van der Waals surface area contributed by atoms with Gasteiger partial charge < -0.3 is 66.3 Å². The number of hydrogen-bond acceptors (Lipinski definition) is 28. The van der Waals surface area contributed by atoms with Gasteiger partial charge in [0.15, 0.2) is 0 Å². The van der Waals surface area contributed by atoms with E-state index in [-0.39, 0.29) is 81.6 Å². The molecule has 28 nitrogen and oxygen atoms in total. The molecule has 1 aliphatic heterocycles. The first kappa shape index (κ1) is 101. The Labute approximate surface area is 733 Å². The molecule has 0 unspecified atom stereocenters. The number of thiazole rings is 1. The first-order valence-corrected chi connectivity index (χ1v) is 42.4. The molecule has 3 aliphatic rings. The average molecular weight is 1740 g/mol. The van der Waals surface area contributed by atoms with Gasteiger partial charge in [-0.05, 0) is 276 Å². The maximum Gasteiger partial charge on any atom is 0.338 e. The number of anilines is 1. The summed E-state index contributed by atoms with van der Waals surface area (Å²) in [5, 5.41) is 0.154. The number of imide groups is 1. The smallest absolute Gasteiger partial charge is 0.338 e. The number of rotatable bonds is 43. The van der Waals surface area contributed by atoms with Gasteiger partial charge in [0, 0.05) is 36.1 Å². The van der Waals surface area contributed by atoms with Gasteiger partial charge in [-0.2, -0.15) is 0 Å². The summed E-state index contributed by atoms with van der Waals surface area (Å²) in [6.45, 7) is 21.8. The van der Waals surface area contributed by atoms with E-state index in [2.05, 4.69) is 31.3 Å². The van der Waals surface area contributed by atoms with Crippen LogP contribution in [0.4, 0.5) is 5.13 Å². The highest BCUT2D eigenvalue weighted by molar-refractivity contribution is 7.22. The third-order valence-corrected chi connectivity index (χ3v) is 21.0. The number of carbonyl (C=O) groups excluding carboxylic acids is 12. The second-order valence-corrected chi connectivity index (χ2v) is 29.9. The molecule has 29 heteroatoms. The number of ketones is 2. The summed E-state index contributed by atoms with van der Waals surface area (Å²) < 4.78 is 73.3. The molecule has 6 aromatic carbocycles. The molecule has 0 N–H and O–H groups in total. The van der Waals surface area contributed by atoms with Crippen LogP contribution in [-0.2, 0) is 66.8 Å². The van der Waals surface area contributed by atoms with E-state index in [1.165, 1.54) is 29.5 Å². The van der Waals surface area contributed by atoms with E-state index in [0.717, 1.165) is 121 Å². The van der Waals surface area contributed by atoms with Crippen LogP contribution < -0.4 is 42.8 Å². The Morgan fingerprint density at radius 3 is 0.984 bits per heavy atom. The number of carbonyl (C=O) groups is 12. The van der Waals surface area contributed by atoms with Crippen molar-refractivity contribution in [3.8, 4) is 46.0 Å². The van der Waals surface area contributed by atoms with E-state index in [4.69, 9.17) is 66.3 Å². The monoisotopic (exact) mass is 1740 g/mol. The van der Waals surface area contributed by atoms with Crippen LogP contribution in [0.2, 0.25) is 0 Å². The summed E-state index contributed by atoms with van der Waals surface area (Å²) >= 11 is 1.18. The maximum atomic E-state index is 14.0. The molecule has 0 bridgehead atoms. The summed E-state index contributed by atoms with van der Waals surface area (Å²) in [4.78, 5) is 150. The van der Waals surface area contributed by atoms with E-state index >= 15 is 0 Å². The van der Waals surface area contributed by atoms with E-state index in [9.17, 15) is 57.5 Å². The van der Waals surface area contributed by atoms with Crippen LogP contribution in [0.1, 0.15) is 189 Å². The highest BCUT2D eigenvalue weighted by atomic mass is 32.1. The van der Waals surface area contributed by atoms with Gasteiger partial charge in [-0.15, -0.1) is 0 Å². The molecule has 2 saturated carbocycles. The third kappa shape index (κ3) is 35.5. The summed E-state index contributed by atoms with van der Waals surface area (Å²) in [6.07, 6.45) is 19.1. The summed E-state index contributed by atoms with van der Waals surface area (Å²) in [6, 6.07) is 36.8. The predicted molar refractivity (Wildman–Crippen MR) is 469 cm³/mol. The first-order chi connectivity index (χ1) is 60.4. The number of nitrogens with zero attached hydrogens (tertiary/aromatic N) is 2. The van der Waals surface area contributed by atoms with Gasteiger partial charge >= 0.3 is 47.8 Å². The van der Waals surface area contributed by atoms with Crippen molar-refractivity contribution in [2.24, 2.45) is 23.7 Å². The quantitative estimate of drug-likeness (QED) is 0.00855. The molecule has 0 spiro atoms. The summed E-state index contributed by atoms with van der Waals surface area (Å²) in [5.74, 6) is -1.18. The molecule has 7 aromatic rings. The van der Waals surface area contributed by atoms with Crippen molar-refractivity contribution in [1.29, 1.82) is 0 Å². The van der Waals surface area contributed by atoms with E-state index in [1.54, 1.807) is 90.8 Å². The molecular formula is C96H114N2O26S. The fraction of sp³-hybridized carbons (Fsp3) is 0.406. The summed E-state index contributed by atoms with van der Waals surface area (Å²) in [5.41, 5.74) is 2.29. The van der Waals surface area contributed by atoms with Crippen LogP contribution in [0.5, 0.6) is 46.0 Å². The van der Waals surface area contributed by atoms with Crippen molar-refractivity contribution in [2.45, 2.75) is 149 Å². The van der Waals surface area contributed by atoms with Gasteiger partial charge in [-0.25, -0.2) is 38.7 Å². The standard InChI is InChI=1S/C34H34N2O8S.C17H22O5.C16H22O4.C15H18O5.C14H18O4/c1-17-4-13-24-27(16-17)45-34(35-24)36-30(39)28-25(43-32(41)22-9-5-20(6-10-22)18(2)37)14-15-26(29(28)31(36)40)44-33(42)23-11-7-21(8-12-23)19(3)38;1-3-16(18)21-12-6-4-5-7-13-22-17(19)14-8-10-15(20-2)11-9-14;1-3-16(17)20-13-7-5-4-6-12-19-15-10-8-14(18-2)9-11-15;1-3-14(16)19-10-4-5-11-20-15(17)12-6-8-13(18-2)9-7-12;1-3-14(15)18-11-5-4-10-17-13-8-6-12(16-2)7-9-13/h4,13-16,20-23H,5-12H2,1-3H3;3,8-11H,1,4-7,12-13H2,2H3;3,8-11H,1,4-7,12-13H2,2H3;3,6-9H,1,4-5,10-11H2,2H3;3,6-9H,1,4-5,10-11H2,2H3. The van der Waals surface area contributed by atoms with Crippen molar-refractivity contribution >= 4 is 97.8 Å². The molecule has 2 fully saturated rings. The number of esters is 8. The Morgan fingerprint density at radius 2 is 0.664 bits per heavy atom. The number of benzene rings is 6. The normalized spacial score (nSPS) is 14.6. The van der Waals surface area contributed by atoms with Gasteiger partial charge in [-0.1, -0.05) is 43.7 Å². The highest BCUT2D eigenvalue weighted by Gasteiger charge is 2.45. The Balaban J connectivity index is 0.000000258. The van der Waals surface area contributed by atoms with E-state index in [1.807, 2.05) is 73.7 Å². The van der Waals surface area contributed by atoms with Crippen molar-refractivity contribution in [3.05, 3.63) is 206 Å². The number of Topliss-reactive ketones (excluding diaryl/α,β-unsaturated/α-hetero) is 2. The number of unbranched alkanes of at least 4 members (excludes halogenated alkanes) is 8. The zero-order valence-corrected chi connectivity index (χ0v) is 73.1. The Morgan fingerprint density at radius 1 is 0.376 bits per heavy atom. The lowest BCUT2D eigenvalue weighted by molar-refractivity contribution is -0.142. The van der Waals surface area contributed by atoms with Gasteiger partial charge in [0.2, 0.25) is 5.13 Å². The third-order valence-electron chi connectivity index (χ3n) is 20.0. The van der Waals surface area contributed by atoms with Crippen LogP contribution >= 0.6 is 11.3 Å². The second kappa shape index (κ2) is 56.1. The van der Waals surface area contributed by atoms with Crippen LogP contribution in [0, 0.1) is 30.6 Å².